The van der Waals surface area contributed by atoms with E-state index in [9.17, 15) is 0 Å². The summed E-state index contributed by atoms with van der Waals surface area (Å²) < 4.78 is 4.76. The lowest BCUT2D eigenvalue weighted by molar-refractivity contribution is 0.341. The largest absolute Gasteiger partial charge is 0.504 e. The second kappa shape index (κ2) is 3.76. The summed E-state index contributed by atoms with van der Waals surface area (Å²) in [6.07, 6.45) is 4.96. The summed E-state index contributed by atoms with van der Waals surface area (Å²) in [5, 5.41) is 9.00. The van der Waals surface area contributed by atoms with Gasteiger partial charge in [-0.2, -0.15) is 0 Å². The molecule has 3 heteroatoms. The average molecular weight is 165 g/mol. The molecule has 0 saturated heterocycles. The van der Waals surface area contributed by atoms with E-state index < -0.39 is 0 Å². The molecule has 1 N–H and O–H groups in total. The third-order valence-electron chi connectivity index (χ3n) is 1.52. The summed E-state index contributed by atoms with van der Waals surface area (Å²) in [6, 6.07) is 1.61. The van der Waals surface area contributed by atoms with Crippen LogP contribution in [0.2, 0.25) is 0 Å². The molecule has 0 aliphatic rings. The molecular formula is C9H11NO2. The Morgan fingerprint density at radius 1 is 1.58 bits per heavy atom. The summed E-state index contributed by atoms with van der Waals surface area (Å²) in [5.74, 6) is 0.0436. The molecule has 0 aliphatic heterocycles. The minimum absolute atomic E-state index is 0.0436. The van der Waals surface area contributed by atoms with Crippen LogP contribution in [-0.2, 0) is 4.74 Å². The van der Waals surface area contributed by atoms with Crippen molar-refractivity contribution in [3.05, 3.63) is 29.7 Å². The highest BCUT2D eigenvalue weighted by molar-refractivity contribution is 5.51. The minimum atomic E-state index is 0.0436. The zero-order chi connectivity index (χ0) is 8.97. The first-order valence-electron chi connectivity index (χ1n) is 3.59. The summed E-state index contributed by atoms with van der Waals surface area (Å²) in [6.45, 7) is 1.90. The van der Waals surface area contributed by atoms with Crippen molar-refractivity contribution >= 4 is 6.08 Å². The van der Waals surface area contributed by atoms with Gasteiger partial charge in [0.25, 0.3) is 0 Å². The van der Waals surface area contributed by atoms with Crippen LogP contribution in [0, 0.1) is 6.92 Å². The molecule has 0 saturated carbocycles. The smallest absolute Gasteiger partial charge is 0.210 e. The van der Waals surface area contributed by atoms with E-state index in [2.05, 4.69) is 4.98 Å². The number of methoxy groups -OCH3 is 1. The van der Waals surface area contributed by atoms with Crippen molar-refractivity contribution in [2.45, 2.75) is 6.92 Å². The van der Waals surface area contributed by atoms with Crippen molar-refractivity contribution in [2.24, 2.45) is 0 Å². The Labute approximate surface area is 71.3 Å². The van der Waals surface area contributed by atoms with Crippen LogP contribution in [0.1, 0.15) is 11.1 Å². The van der Waals surface area contributed by atoms with Crippen LogP contribution < -0.4 is 0 Å². The van der Waals surface area contributed by atoms with Crippen molar-refractivity contribution in [1.82, 2.24) is 4.98 Å². The van der Waals surface area contributed by atoms with Crippen molar-refractivity contribution in [3.63, 3.8) is 0 Å². The van der Waals surface area contributed by atoms with Gasteiger partial charge in [-0.15, -0.1) is 0 Å². The molecule has 64 valence electrons. The molecule has 1 heterocycles. The van der Waals surface area contributed by atoms with Crippen molar-refractivity contribution in [2.75, 3.05) is 7.11 Å². The molecule has 0 amide bonds. The van der Waals surface area contributed by atoms with Crippen LogP contribution in [0.3, 0.4) is 0 Å². The molecule has 0 spiro atoms. The van der Waals surface area contributed by atoms with E-state index in [1.54, 1.807) is 31.7 Å². The van der Waals surface area contributed by atoms with Crippen molar-refractivity contribution < 1.29 is 9.84 Å². The number of aryl methyl sites for hydroxylation is 1. The third-order valence-corrected chi connectivity index (χ3v) is 1.52. The predicted molar refractivity (Wildman–Crippen MR) is 46.7 cm³/mol. The van der Waals surface area contributed by atoms with Crippen LogP contribution in [0.25, 0.3) is 6.08 Å². The van der Waals surface area contributed by atoms with Gasteiger partial charge in [-0.3, -0.25) is 0 Å². The quantitative estimate of drug-likeness (QED) is 0.678. The van der Waals surface area contributed by atoms with Gasteiger partial charge in [0.1, 0.15) is 0 Å². The molecule has 0 aliphatic carbocycles. The van der Waals surface area contributed by atoms with E-state index >= 15 is 0 Å². The van der Waals surface area contributed by atoms with E-state index in [1.165, 1.54) is 0 Å². The highest BCUT2D eigenvalue weighted by Gasteiger charge is 1.95. The molecule has 12 heavy (non-hydrogen) atoms. The van der Waals surface area contributed by atoms with Gasteiger partial charge in [0.2, 0.25) is 5.88 Å². The fraction of sp³-hybridized carbons (Fsp3) is 0.222. The van der Waals surface area contributed by atoms with Gasteiger partial charge < -0.3 is 9.84 Å². The zero-order valence-corrected chi connectivity index (χ0v) is 7.11. The molecule has 1 rings (SSSR count). The van der Waals surface area contributed by atoms with E-state index in [1.807, 2.05) is 6.92 Å². The van der Waals surface area contributed by atoms with Crippen LogP contribution in [0.5, 0.6) is 5.88 Å². The summed E-state index contributed by atoms with van der Waals surface area (Å²) in [7, 11) is 1.58. The highest BCUT2D eigenvalue weighted by atomic mass is 16.5. The Morgan fingerprint density at radius 2 is 2.33 bits per heavy atom. The van der Waals surface area contributed by atoms with Gasteiger partial charge >= 0.3 is 0 Å². The van der Waals surface area contributed by atoms with E-state index in [0.717, 1.165) is 11.1 Å². The second-order valence-electron chi connectivity index (χ2n) is 2.44. The molecule has 0 radical (unpaired) electrons. The standard InChI is InChI=1S/C9H11NO2/c1-7-5-9(11)10-6-8(7)3-4-12-2/h3-6H,1-2H3,(H,10,11)/b4-3+. The number of ether oxygens (including phenoxy) is 1. The SMILES string of the molecule is CO/C=C/c1cnc(O)cc1C. The summed E-state index contributed by atoms with van der Waals surface area (Å²) >= 11 is 0. The van der Waals surface area contributed by atoms with Gasteiger partial charge in [0.15, 0.2) is 0 Å². The second-order valence-corrected chi connectivity index (χ2v) is 2.44. The van der Waals surface area contributed by atoms with Gasteiger partial charge in [-0.25, -0.2) is 4.98 Å². The molecule has 0 aromatic carbocycles. The van der Waals surface area contributed by atoms with Gasteiger partial charge in [0, 0.05) is 12.3 Å². The number of rotatable bonds is 2. The van der Waals surface area contributed by atoms with Crippen LogP contribution >= 0.6 is 0 Å². The fourth-order valence-electron chi connectivity index (χ4n) is 0.868. The lowest BCUT2D eigenvalue weighted by atomic mass is 10.1. The van der Waals surface area contributed by atoms with E-state index in [-0.39, 0.29) is 5.88 Å². The zero-order valence-electron chi connectivity index (χ0n) is 7.11. The molecule has 3 nitrogen and oxygen atoms in total. The first-order chi connectivity index (χ1) is 5.74. The Morgan fingerprint density at radius 3 is 2.92 bits per heavy atom. The van der Waals surface area contributed by atoms with E-state index in [4.69, 9.17) is 9.84 Å². The number of hydrogen-bond acceptors (Lipinski definition) is 3. The van der Waals surface area contributed by atoms with Crippen LogP contribution in [-0.4, -0.2) is 17.2 Å². The molecule has 1 aromatic heterocycles. The lowest BCUT2D eigenvalue weighted by Gasteiger charge is -1.98. The van der Waals surface area contributed by atoms with Gasteiger partial charge in [-0.05, 0) is 24.1 Å². The molecule has 0 atom stereocenters. The number of aromatic nitrogens is 1. The Balaban J connectivity index is 2.94. The van der Waals surface area contributed by atoms with Crippen molar-refractivity contribution in [3.8, 4) is 5.88 Å². The van der Waals surface area contributed by atoms with E-state index in [0.29, 0.717) is 0 Å². The molecule has 0 fully saturated rings. The maximum atomic E-state index is 9.00. The first kappa shape index (κ1) is 8.59. The highest BCUT2D eigenvalue weighted by Crippen LogP contribution is 2.13. The topological polar surface area (TPSA) is 42.4 Å². The molecule has 0 bridgehead atoms. The number of nitrogens with zero attached hydrogens (tertiary/aromatic N) is 1. The third kappa shape index (κ3) is 1.99. The predicted octanol–water partition coefficient (Wildman–Crippen LogP) is 1.71. The van der Waals surface area contributed by atoms with Gasteiger partial charge in [0.05, 0.1) is 13.4 Å². The van der Waals surface area contributed by atoms with Crippen LogP contribution in [0.4, 0.5) is 0 Å². The normalized spacial score (nSPS) is 10.5. The number of pyridine rings is 1. The molecule has 0 unspecified atom stereocenters. The Hall–Kier alpha value is -1.51. The first-order valence-corrected chi connectivity index (χ1v) is 3.59. The lowest BCUT2D eigenvalue weighted by Crippen LogP contribution is -1.83. The minimum Gasteiger partial charge on any atom is -0.504 e. The monoisotopic (exact) mass is 165 g/mol. The maximum absolute atomic E-state index is 9.00. The fourth-order valence-corrected chi connectivity index (χ4v) is 0.868. The average Bonchev–Trinajstić information content (AvgIpc) is 2.03. The Bertz CT molecular complexity index is 295. The molecule has 1 aromatic rings. The maximum Gasteiger partial charge on any atom is 0.210 e. The number of aromatic hydroxyl groups is 1. The summed E-state index contributed by atoms with van der Waals surface area (Å²) in [4.78, 5) is 3.74. The Kier molecular flexibility index (Phi) is 2.69. The van der Waals surface area contributed by atoms with Crippen LogP contribution in [0.15, 0.2) is 18.5 Å². The van der Waals surface area contributed by atoms with Crippen molar-refractivity contribution in [1.29, 1.82) is 0 Å². The number of hydrogen-bond donors (Lipinski definition) is 1. The molecular weight excluding hydrogens is 154 g/mol. The van der Waals surface area contributed by atoms with Gasteiger partial charge in [-0.1, -0.05) is 0 Å². The summed E-state index contributed by atoms with van der Waals surface area (Å²) in [5.41, 5.74) is 1.91.